The first-order valence-electron chi connectivity index (χ1n) is 11.5. The number of amides is 2. The van der Waals surface area contributed by atoms with Crippen LogP contribution in [0, 0.1) is 0 Å². The van der Waals surface area contributed by atoms with E-state index in [0.29, 0.717) is 26.8 Å². The molecule has 0 radical (unpaired) electrons. The van der Waals surface area contributed by atoms with Gasteiger partial charge in [-0.2, -0.15) is 0 Å². The van der Waals surface area contributed by atoms with E-state index in [2.05, 4.69) is 4.98 Å². The highest BCUT2D eigenvalue weighted by molar-refractivity contribution is 7.13. The van der Waals surface area contributed by atoms with Crippen molar-refractivity contribution in [3.05, 3.63) is 122 Å². The smallest absolute Gasteiger partial charge is 0.297 e. The Hall–Kier alpha value is -4.27. The normalized spacial score (nSPS) is 18.2. The number of carbonyl (C=O) groups excluding carboxylic acids is 2. The summed E-state index contributed by atoms with van der Waals surface area (Å²) in [5, 5.41) is 2.91. The van der Waals surface area contributed by atoms with Crippen molar-refractivity contribution in [1.29, 1.82) is 0 Å². The topological polar surface area (TPSA) is 83.7 Å². The van der Waals surface area contributed by atoms with Gasteiger partial charge in [-0.05, 0) is 35.9 Å². The molecule has 7 rings (SSSR count). The average Bonchev–Trinajstić information content (AvgIpc) is 3.59. The van der Waals surface area contributed by atoms with Crippen LogP contribution in [-0.2, 0) is 16.9 Å². The van der Waals surface area contributed by atoms with Gasteiger partial charge in [-0.1, -0.05) is 54.1 Å². The Morgan fingerprint density at radius 2 is 1.70 bits per heavy atom. The molecule has 0 aliphatic carbocycles. The second kappa shape index (κ2) is 7.86. The Labute approximate surface area is 219 Å². The highest BCUT2D eigenvalue weighted by atomic mass is 35.5. The number of fused-ring (bicyclic) bond motifs is 5. The average molecular weight is 526 g/mol. The van der Waals surface area contributed by atoms with Crippen molar-refractivity contribution in [2.75, 3.05) is 9.80 Å². The third-order valence-corrected chi connectivity index (χ3v) is 7.90. The second-order valence-corrected chi connectivity index (χ2v) is 10.1. The molecule has 2 aromatic heterocycles. The van der Waals surface area contributed by atoms with Gasteiger partial charge < -0.3 is 9.32 Å². The number of aromatic nitrogens is 1. The highest BCUT2D eigenvalue weighted by Gasteiger charge is 2.66. The maximum absolute atomic E-state index is 14.7. The second-order valence-electron chi connectivity index (χ2n) is 8.83. The van der Waals surface area contributed by atoms with Crippen LogP contribution in [0.25, 0.3) is 11.0 Å². The molecule has 0 bridgehead atoms. The maximum atomic E-state index is 14.7. The molecule has 1 unspecified atom stereocenters. The zero-order valence-electron chi connectivity index (χ0n) is 19.1. The van der Waals surface area contributed by atoms with E-state index in [1.54, 1.807) is 65.0 Å². The fourth-order valence-electron chi connectivity index (χ4n) is 5.37. The largest absolute Gasteiger partial charge is 0.450 e. The van der Waals surface area contributed by atoms with Crippen molar-refractivity contribution in [1.82, 2.24) is 4.98 Å². The molecule has 4 heterocycles. The van der Waals surface area contributed by atoms with Crippen molar-refractivity contribution in [3.63, 3.8) is 0 Å². The molecule has 2 aliphatic heterocycles. The molecular weight excluding hydrogens is 510 g/mol. The molecule has 1 atom stereocenters. The first-order chi connectivity index (χ1) is 18.0. The summed E-state index contributed by atoms with van der Waals surface area (Å²) in [6.45, 7) is 0.225. The molecular formula is C28H16ClN3O4S. The number of benzene rings is 3. The van der Waals surface area contributed by atoms with Gasteiger partial charge in [0.15, 0.2) is 16.1 Å². The van der Waals surface area contributed by atoms with Gasteiger partial charge in [0.1, 0.15) is 5.58 Å². The highest BCUT2D eigenvalue weighted by Crippen LogP contribution is 2.54. The van der Waals surface area contributed by atoms with E-state index < -0.39 is 22.8 Å². The first kappa shape index (κ1) is 22.0. The van der Waals surface area contributed by atoms with Crippen molar-refractivity contribution < 1.29 is 14.0 Å². The van der Waals surface area contributed by atoms with Crippen molar-refractivity contribution in [2.24, 2.45) is 0 Å². The van der Waals surface area contributed by atoms with Gasteiger partial charge in [-0.3, -0.25) is 19.3 Å². The number of nitrogens with zero attached hydrogens (tertiary/aromatic N) is 3. The molecule has 2 aliphatic rings. The van der Waals surface area contributed by atoms with Crippen LogP contribution in [0.1, 0.15) is 27.2 Å². The van der Waals surface area contributed by atoms with Crippen LogP contribution < -0.4 is 15.2 Å². The molecule has 9 heteroatoms. The summed E-state index contributed by atoms with van der Waals surface area (Å²) in [5.41, 5.74) is 0.116. The number of rotatable bonds is 3. The van der Waals surface area contributed by atoms with Crippen LogP contribution in [0.2, 0.25) is 5.02 Å². The molecule has 180 valence electrons. The van der Waals surface area contributed by atoms with E-state index in [4.69, 9.17) is 16.0 Å². The van der Waals surface area contributed by atoms with Crippen LogP contribution in [0.4, 0.5) is 10.8 Å². The summed E-state index contributed by atoms with van der Waals surface area (Å²) in [5.74, 6) is -1.15. The van der Waals surface area contributed by atoms with E-state index in [9.17, 15) is 14.4 Å². The zero-order chi connectivity index (χ0) is 25.3. The van der Waals surface area contributed by atoms with Crippen molar-refractivity contribution in [2.45, 2.75) is 12.1 Å². The summed E-state index contributed by atoms with van der Waals surface area (Å²) in [4.78, 5) is 50.0. The molecule has 7 nitrogen and oxygen atoms in total. The number of hydrogen-bond donors (Lipinski definition) is 0. The Bertz CT molecular complexity index is 1800. The Morgan fingerprint density at radius 1 is 0.946 bits per heavy atom. The summed E-state index contributed by atoms with van der Waals surface area (Å²) < 4.78 is 6.04. The number of hydrogen-bond acceptors (Lipinski definition) is 6. The van der Waals surface area contributed by atoms with Gasteiger partial charge in [-0.15, -0.1) is 11.3 Å². The molecule has 3 aromatic carbocycles. The third kappa shape index (κ3) is 2.88. The lowest BCUT2D eigenvalue weighted by Gasteiger charge is -2.32. The minimum absolute atomic E-state index is 0.0162. The lowest BCUT2D eigenvalue weighted by molar-refractivity contribution is -0.121. The quantitative estimate of drug-likeness (QED) is 0.317. The SMILES string of the molecule is O=C1c2oc3ccccc3c(=O)c2C2(C(=O)N(Cc3ccc(Cl)cc3)c3ccccc32)N1c1nccs1. The van der Waals surface area contributed by atoms with E-state index in [1.807, 2.05) is 24.3 Å². The maximum Gasteiger partial charge on any atom is 0.297 e. The van der Waals surface area contributed by atoms with Gasteiger partial charge in [0, 0.05) is 22.2 Å². The van der Waals surface area contributed by atoms with Gasteiger partial charge in [0.05, 0.1) is 23.2 Å². The number of halogens is 1. The number of thiazole rings is 1. The van der Waals surface area contributed by atoms with Crippen LogP contribution in [-0.4, -0.2) is 16.8 Å². The van der Waals surface area contributed by atoms with Gasteiger partial charge >= 0.3 is 0 Å². The van der Waals surface area contributed by atoms with Crippen LogP contribution in [0.5, 0.6) is 0 Å². The summed E-state index contributed by atoms with van der Waals surface area (Å²) in [6, 6.07) is 21.2. The molecule has 1 spiro atoms. The van der Waals surface area contributed by atoms with Crippen LogP contribution >= 0.6 is 22.9 Å². The fourth-order valence-corrected chi connectivity index (χ4v) is 6.18. The minimum Gasteiger partial charge on any atom is -0.450 e. The van der Waals surface area contributed by atoms with E-state index in [1.165, 1.54) is 16.2 Å². The van der Waals surface area contributed by atoms with E-state index >= 15 is 0 Å². The van der Waals surface area contributed by atoms with E-state index in [-0.39, 0.29) is 23.5 Å². The standard InChI is InChI=1S/C28H16ClN3O4S/c29-17-11-9-16(10-12-17)15-31-20-7-3-2-6-19(20)28(26(31)35)22-23(33)18-5-1-4-8-21(18)36-24(22)25(34)32(28)27-30-13-14-37-27/h1-14H,15H2. The molecule has 0 saturated heterocycles. The lowest BCUT2D eigenvalue weighted by Crippen LogP contribution is -2.53. The van der Waals surface area contributed by atoms with E-state index in [0.717, 1.165) is 5.56 Å². The van der Waals surface area contributed by atoms with Crippen LogP contribution in [0.15, 0.2) is 93.6 Å². The Morgan fingerprint density at radius 3 is 2.49 bits per heavy atom. The van der Waals surface area contributed by atoms with Crippen molar-refractivity contribution in [3.8, 4) is 0 Å². The third-order valence-electron chi connectivity index (χ3n) is 6.90. The van der Waals surface area contributed by atoms with Gasteiger partial charge in [-0.25, -0.2) is 4.98 Å². The molecule has 5 aromatic rings. The minimum atomic E-state index is -1.75. The molecule has 0 fully saturated rings. The van der Waals surface area contributed by atoms with Gasteiger partial charge in [0.2, 0.25) is 5.76 Å². The molecule has 0 saturated carbocycles. The van der Waals surface area contributed by atoms with Gasteiger partial charge in [0.25, 0.3) is 11.8 Å². The summed E-state index contributed by atoms with van der Waals surface area (Å²) in [7, 11) is 0. The number of para-hydroxylation sites is 2. The molecule has 2 amide bonds. The summed E-state index contributed by atoms with van der Waals surface area (Å²) in [6.07, 6.45) is 1.56. The number of anilines is 2. The van der Waals surface area contributed by atoms with Crippen molar-refractivity contribution >= 4 is 56.5 Å². The Kier molecular flexibility index (Phi) is 4.67. The molecule has 0 N–H and O–H groups in total. The zero-order valence-corrected chi connectivity index (χ0v) is 20.6. The Balaban J connectivity index is 1.55. The predicted molar refractivity (Wildman–Crippen MR) is 141 cm³/mol. The first-order valence-corrected chi connectivity index (χ1v) is 12.7. The van der Waals surface area contributed by atoms with Crippen LogP contribution in [0.3, 0.4) is 0 Å². The fraction of sp³-hybridized carbons (Fsp3) is 0.0714. The molecule has 37 heavy (non-hydrogen) atoms. The predicted octanol–water partition coefficient (Wildman–Crippen LogP) is 5.35. The number of carbonyl (C=O) groups is 2. The monoisotopic (exact) mass is 525 g/mol. The summed E-state index contributed by atoms with van der Waals surface area (Å²) >= 11 is 7.29. The lowest BCUT2D eigenvalue weighted by atomic mass is 9.84.